The van der Waals surface area contributed by atoms with Crippen LogP contribution < -0.4 is 9.47 Å². The number of methoxy groups -OCH3 is 2. The van der Waals surface area contributed by atoms with Crippen molar-refractivity contribution in [2.75, 3.05) is 27.3 Å². The maximum absolute atomic E-state index is 12.7. The standard InChI is InChI=1S/C26H34N2O4/c1-26(2,3)32-25(29)27-16-6-7-22(19-27)28(17-20-8-12-23(30-4)13-9-20)18-21-10-14-24(31-5)15-11-21/h6-15,22H,16-19H2,1-5H3/t22-/m1/s1. The highest BCUT2D eigenvalue weighted by atomic mass is 16.6. The van der Waals surface area contributed by atoms with E-state index in [2.05, 4.69) is 35.2 Å². The van der Waals surface area contributed by atoms with E-state index < -0.39 is 5.60 Å². The molecule has 1 aliphatic heterocycles. The van der Waals surface area contributed by atoms with E-state index in [-0.39, 0.29) is 12.1 Å². The van der Waals surface area contributed by atoms with E-state index in [4.69, 9.17) is 14.2 Å². The average Bonchev–Trinajstić information content (AvgIpc) is 2.78. The lowest BCUT2D eigenvalue weighted by Gasteiger charge is -2.37. The highest BCUT2D eigenvalue weighted by molar-refractivity contribution is 5.68. The molecule has 0 saturated carbocycles. The first kappa shape index (κ1) is 23.7. The topological polar surface area (TPSA) is 51.2 Å². The van der Waals surface area contributed by atoms with Crippen molar-refractivity contribution in [3.8, 4) is 11.5 Å². The fourth-order valence-electron chi connectivity index (χ4n) is 3.64. The molecule has 0 N–H and O–H groups in total. The molecule has 2 aromatic carbocycles. The summed E-state index contributed by atoms with van der Waals surface area (Å²) in [5.74, 6) is 1.67. The summed E-state index contributed by atoms with van der Waals surface area (Å²) in [6.45, 7) is 8.30. The Bertz CT molecular complexity index is 851. The van der Waals surface area contributed by atoms with Crippen LogP contribution in [-0.2, 0) is 17.8 Å². The van der Waals surface area contributed by atoms with Crippen molar-refractivity contribution < 1.29 is 19.0 Å². The van der Waals surface area contributed by atoms with Gasteiger partial charge in [-0.2, -0.15) is 0 Å². The fraction of sp³-hybridized carbons (Fsp3) is 0.423. The second-order valence-electron chi connectivity index (χ2n) is 8.98. The van der Waals surface area contributed by atoms with Gasteiger partial charge in [0.1, 0.15) is 17.1 Å². The van der Waals surface area contributed by atoms with Crippen molar-refractivity contribution in [2.45, 2.75) is 45.5 Å². The second kappa shape index (κ2) is 10.6. The number of hydrogen-bond acceptors (Lipinski definition) is 5. The van der Waals surface area contributed by atoms with E-state index in [1.54, 1.807) is 19.1 Å². The lowest BCUT2D eigenvalue weighted by Crippen LogP contribution is -2.48. The van der Waals surface area contributed by atoms with E-state index in [0.717, 1.165) is 24.6 Å². The summed E-state index contributed by atoms with van der Waals surface area (Å²) in [5.41, 5.74) is 1.85. The Labute approximate surface area is 191 Å². The Morgan fingerprint density at radius 2 is 1.44 bits per heavy atom. The van der Waals surface area contributed by atoms with Gasteiger partial charge in [-0.3, -0.25) is 4.90 Å². The highest BCUT2D eigenvalue weighted by Crippen LogP contribution is 2.22. The largest absolute Gasteiger partial charge is 0.497 e. The predicted molar refractivity (Wildman–Crippen MR) is 126 cm³/mol. The Kier molecular flexibility index (Phi) is 7.80. The number of amides is 1. The number of benzene rings is 2. The Hall–Kier alpha value is -2.99. The minimum absolute atomic E-state index is 0.0699. The normalized spacial score (nSPS) is 16.2. The molecule has 0 unspecified atom stereocenters. The molecule has 0 saturated heterocycles. The maximum atomic E-state index is 12.7. The molecule has 0 radical (unpaired) electrons. The molecule has 1 amide bonds. The van der Waals surface area contributed by atoms with Crippen molar-refractivity contribution in [2.24, 2.45) is 0 Å². The zero-order chi connectivity index (χ0) is 23.1. The smallest absolute Gasteiger partial charge is 0.410 e. The maximum Gasteiger partial charge on any atom is 0.410 e. The Morgan fingerprint density at radius 3 is 1.88 bits per heavy atom. The molecule has 0 spiro atoms. The first-order valence-corrected chi connectivity index (χ1v) is 10.9. The van der Waals surface area contributed by atoms with E-state index in [0.29, 0.717) is 13.1 Å². The third-order valence-corrected chi connectivity index (χ3v) is 5.30. The fourth-order valence-corrected chi connectivity index (χ4v) is 3.64. The van der Waals surface area contributed by atoms with Crippen molar-refractivity contribution in [1.82, 2.24) is 9.80 Å². The van der Waals surface area contributed by atoms with Crippen LogP contribution in [0.15, 0.2) is 60.7 Å². The van der Waals surface area contributed by atoms with E-state index in [1.807, 2.05) is 51.1 Å². The van der Waals surface area contributed by atoms with Crippen LogP contribution in [0.5, 0.6) is 11.5 Å². The van der Waals surface area contributed by atoms with E-state index in [9.17, 15) is 4.79 Å². The van der Waals surface area contributed by atoms with Crippen LogP contribution in [-0.4, -0.2) is 54.8 Å². The van der Waals surface area contributed by atoms with Crippen LogP contribution >= 0.6 is 0 Å². The monoisotopic (exact) mass is 438 g/mol. The zero-order valence-electron chi connectivity index (χ0n) is 19.7. The van der Waals surface area contributed by atoms with Gasteiger partial charge in [0.25, 0.3) is 0 Å². The SMILES string of the molecule is COc1ccc(CN(Cc2ccc(OC)cc2)[C@@H]2C=CCN(C(=O)OC(C)(C)C)C2)cc1. The molecule has 32 heavy (non-hydrogen) atoms. The molecule has 1 atom stereocenters. The first-order valence-electron chi connectivity index (χ1n) is 10.9. The van der Waals surface area contributed by atoms with E-state index >= 15 is 0 Å². The molecular formula is C26H34N2O4. The molecule has 172 valence electrons. The van der Waals surface area contributed by atoms with Gasteiger partial charge >= 0.3 is 6.09 Å². The van der Waals surface area contributed by atoms with Crippen molar-refractivity contribution in [3.05, 3.63) is 71.8 Å². The zero-order valence-corrected chi connectivity index (χ0v) is 19.7. The summed E-state index contributed by atoms with van der Waals surface area (Å²) in [7, 11) is 3.34. The molecule has 1 heterocycles. The van der Waals surface area contributed by atoms with Gasteiger partial charge in [-0.15, -0.1) is 0 Å². The van der Waals surface area contributed by atoms with Crippen molar-refractivity contribution in [1.29, 1.82) is 0 Å². The number of carbonyl (C=O) groups excluding carboxylic acids is 1. The molecular weight excluding hydrogens is 404 g/mol. The average molecular weight is 439 g/mol. The van der Waals surface area contributed by atoms with Gasteiger partial charge in [0, 0.05) is 32.2 Å². The van der Waals surface area contributed by atoms with Crippen LogP contribution in [0.2, 0.25) is 0 Å². The molecule has 0 aliphatic carbocycles. The third-order valence-electron chi connectivity index (χ3n) is 5.30. The summed E-state index contributed by atoms with van der Waals surface area (Å²) in [4.78, 5) is 16.8. The van der Waals surface area contributed by atoms with Gasteiger partial charge in [0.05, 0.1) is 14.2 Å². The minimum Gasteiger partial charge on any atom is -0.497 e. The van der Waals surface area contributed by atoms with Crippen molar-refractivity contribution in [3.63, 3.8) is 0 Å². The number of ether oxygens (including phenoxy) is 3. The number of hydrogen-bond donors (Lipinski definition) is 0. The molecule has 0 fully saturated rings. The van der Waals surface area contributed by atoms with Gasteiger partial charge in [-0.05, 0) is 56.2 Å². The molecule has 2 aromatic rings. The Balaban J connectivity index is 1.79. The van der Waals surface area contributed by atoms with Gasteiger partial charge in [0.2, 0.25) is 0 Å². The van der Waals surface area contributed by atoms with Gasteiger partial charge in [-0.25, -0.2) is 4.79 Å². The van der Waals surface area contributed by atoms with E-state index in [1.165, 1.54) is 11.1 Å². The molecule has 1 aliphatic rings. The summed E-state index contributed by atoms with van der Waals surface area (Å²) in [5, 5.41) is 0. The third kappa shape index (κ3) is 6.76. The molecule has 6 heteroatoms. The predicted octanol–water partition coefficient (Wildman–Crippen LogP) is 4.88. The van der Waals surface area contributed by atoms with Crippen LogP contribution in [0.3, 0.4) is 0 Å². The molecule has 6 nitrogen and oxygen atoms in total. The summed E-state index contributed by atoms with van der Waals surface area (Å²) in [6.07, 6.45) is 3.96. The van der Waals surface area contributed by atoms with Crippen LogP contribution in [0.25, 0.3) is 0 Å². The summed E-state index contributed by atoms with van der Waals surface area (Å²) >= 11 is 0. The minimum atomic E-state index is -0.514. The lowest BCUT2D eigenvalue weighted by molar-refractivity contribution is 0.0210. The van der Waals surface area contributed by atoms with Crippen LogP contribution in [0.4, 0.5) is 4.79 Å². The number of rotatable bonds is 7. The van der Waals surface area contributed by atoms with Gasteiger partial charge in [-0.1, -0.05) is 36.4 Å². The quantitative estimate of drug-likeness (QED) is 0.577. The van der Waals surface area contributed by atoms with Gasteiger partial charge in [0.15, 0.2) is 0 Å². The lowest BCUT2D eigenvalue weighted by atomic mass is 10.1. The summed E-state index contributed by atoms with van der Waals surface area (Å²) < 4.78 is 16.2. The van der Waals surface area contributed by atoms with Crippen LogP contribution in [0.1, 0.15) is 31.9 Å². The highest BCUT2D eigenvalue weighted by Gasteiger charge is 2.28. The van der Waals surface area contributed by atoms with Crippen molar-refractivity contribution >= 4 is 6.09 Å². The number of carbonyl (C=O) groups is 1. The van der Waals surface area contributed by atoms with Gasteiger partial charge < -0.3 is 19.1 Å². The Morgan fingerprint density at radius 1 is 0.938 bits per heavy atom. The number of nitrogens with zero attached hydrogens (tertiary/aromatic N) is 2. The second-order valence-corrected chi connectivity index (χ2v) is 8.98. The van der Waals surface area contributed by atoms with Crippen LogP contribution in [0, 0.1) is 0 Å². The molecule has 0 bridgehead atoms. The molecule has 0 aromatic heterocycles. The first-order chi connectivity index (χ1) is 15.3. The summed E-state index contributed by atoms with van der Waals surface area (Å²) in [6, 6.07) is 16.3. The molecule has 3 rings (SSSR count).